The average molecular weight is 417 g/mol. The summed E-state index contributed by atoms with van der Waals surface area (Å²) in [6.07, 6.45) is 1.18. The van der Waals surface area contributed by atoms with E-state index in [1.807, 2.05) is 4.90 Å². The molecule has 1 fully saturated rings. The van der Waals surface area contributed by atoms with Gasteiger partial charge in [0.1, 0.15) is 16.9 Å². The fraction of sp³-hybridized carbons (Fsp3) is 0.267. The first-order valence-electron chi connectivity index (χ1n) is 7.59. The van der Waals surface area contributed by atoms with Crippen molar-refractivity contribution in [2.45, 2.75) is 4.90 Å². The Morgan fingerprint density at radius 1 is 1.08 bits per heavy atom. The molecule has 0 N–H and O–H groups in total. The molecule has 1 aliphatic heterocycles. The molecule has 3 rings (SSSR count). The lowest BCUT2D eigenvalue weighted by molar-refractivity contribution is -0.385. The van der Waals surface area contributed by atoms with E-state index in [0.29, 0.717) is 23.9 Å². The van der Waals surface area contributed by atoms with Crippen molar-refractivity contribution in [3.63, 3.8) is 0 Å². The molecule has 0 saturated carbocycles. The first kappa shape index (κ1) is 18.8. The maximum atomic E-state index is 12.8. The highest BCUT2D eigenvalue weighted by atomic mass is 35.5. The lowest BCUT2D eigenvalue weighted by atomic mass is 10.3. The number of benzene rings is 1. The molecule has 1 aromatic heterocycles. The zero-order chi connectivity index (χ0) is 18.9. The molecule has 2 aromatic rings. The molecule has 1 aromatic carbocycles. The smallest absolute Gasteiger partial charge is 0.287 e. The molecule has 11 heteroatoms. The van der Waals surface area contributed by atoms with Crippen LogP contribution in [0, 0.1) is 10.1 Å². The molecule has 0 unspecified atom stereocenters. The summed E-state index contributed by atoms with van der Waals surface area (Å²) in [4.78, 5) is 16.1. The third-order valence-electron chi connectivity index (χ3n) is 4.02. The van der Waals surface area contributed by atoms with Crippen molar-refractivity contribution >= 4 is 44.7 Å². The maximum absolute atomic E-state index is 12.8. The van der Waals surface area contributed by atoms with Crippen LogP contribution in [0.1, 0.15) is 0 Å². The molecular formula is C15H14Cl2N4O4S. The molecular weight excluding hydrogens is 403 g/mol. The Balaban J connectivity index is 1.73. The van der Waals surface area contributed by atoms with Gasteiger partial charge in [-0.1, -0.05) is 23.2 Å². The lowest BCUT2D eigenvalue weighted by Gasteiger charge is -2.34. The summed E-state index contributed by atoms with van der Waals surface area (Å²) in [7, 11) is -3.76. The molecule has 0 bridgehead atoms. The molecule has 0 amide bonds. The number of pyridine rings is 1. The Morgan fingerprint density at radius 3 is 2.35 bits per heavy atom. The highest BCUT2D eigenvalue weighted by Gasteiger charge is 2.30. The van der Waals surface area contributed by atoms with Gasteiger partial charge < -0.3 is 4.90 Å². The van der Waals surface area contributed by atoms with Gasteiger partial charge in [-0.2, -0.15) is 4.31 Å². The van der Waals surface area contributed by atoms with Crippen molar-refractivity contribution in [2.75, 3.05) is 31.1 Å². The van der Waals surface area contributed by atoms with E-state index in [1.54, 1.807) is 6.07 Å². The van der Waals surface area contributed by atoms with Crippen molar-refractivity contribution in [3.8, 4) is 0 Å². The maximum Gasteiger partial charge on any atom is 0.287 e. The Bertz CT molecular complexity index is 929. The van der Waals surface area contributed by atoms with E-state index in [-0.39, 0.29) is 28.7 Å². The van der Waals surface area contributed by atoms with Crippen LogP contribution in [0.25, 0.3) is 0 Å². The summed E-state index contributed by atoms with van der Waals surface area (Å²) >= 11 is 11.9. The van der Waals surface area contributed by atoms with E-state index in [4.69, 9.17) is 23.2 Å². The van der Waals surface area contributed by atoms with Gasteiger partial charge in [-0.25, -0.2) is 13.4 Å². The summed E-state index contributed by atoms with van der Waals surface area (Å²) < 4.78 is 26.9. The van der Waals surface area contributed by atoms with E-state index in [2.05, 4.69) is 4.98 Å². The number of halogens is 2. The number of hydrogen-bond donors (Lipinski definition) is 0. The van der Waals surface area contributed by atoms with Gasteiger partial charge >= 0.3 is 0 Å². The monoisotopic (exact) mass is 416 g/mol. The number of nitrogens with zero attached hydrogens (tertiary/aromatic N) is 4. The molecule has 2 heterocycles. The Labute approximate surface area is 160 Å². The fourth-order valence-electron chi connectivity index (χ4n) is 2.64. The van der Waals surface area contributed by atoms with Crippen LogP contribution in [0.2, 0.25) is 10.0 Å². The number of aromatic nitrogens is 1. The normalized spacial score (nSPS) is 15.8. The van der Waals surface area contributed by atoms with Gasteiger partial charge in [-0.3, -0.25) is 10.1 Å². The van der Waals surface area contributed by atoms with Crippen molar-refractivity contribution < 1.29 is 13.3 Å². The molecule has 0 radical (unpaired) electrons. The van der Waals surface area contributed by atoms with E-state index in [9.17, 15) is 18.5 Å². The van der Waals surface area contributed by atoms with Crippen molar-refractivity contribution in [2.24, 2.45) is 0 Å². The standard InChI is InChI=1S/C15H14Cl2N4O4S/c16-11-1-3-13(17)14(9-11)26(24,25)20-7-5-19(6-8-20)15-4-2-12(10-18-15)21(22)23/h1-4,9-10H,5-8H2. The molecule has 0 atom stereocenters. The third-order valence-corrected chi connectivity index (χ3v) is 6.63. The van der Waals surface area contributed by atoms with Crippen molar-refractivity contribution in [1.82, 2.24) is 9.29 Å². The van der Waals surface area contributed by atoms with E-state index >= 15 is 0 Å². The largest absolute Gasteiger partial charge is 0.354 e. The Kier molecular flexibility index (Phi) is 5.33. The molecule has 1 saturated heterocycles. The van der Waals surface area contributed by atoms with E-state index in [1.165, 1.54) is 34.8 Å². The van der Waals surface area contributed by atoms with Crippen molar-refractivity contribution in [1.29, 1.82) is 0 Å². The van der Waals surface area contributed by atoms with Gasteiger partial charge in [0.05, 0.1) is 9.95 Å². The second kappa shape index (κ2) is 7.36. The van der Waals surface area contributed by atoms with Crippen LogP contribution >= 0.6 is 23.2 Å². The number of hydrogen-bond acceptors (Lipinski definition) is 6. The van der Waals surface area contributed by atoms with Crippen LogP contribution in [-0.2, 0) is 10.0 Å². The summed E-state index contributed by atoms with van der Waals surface area (Å²) in [5.41, 5.74) is -0.0921. The zero-order valence-electron chi connectivity index (χ0n) is 13.4. The minimum Gasteiger partial charge on any atom is -0.354 e. The van der Waals surface area contributed by atoms with Crippen molar-refractivity contribution in [3.05, 3.63) is 56.7 Å². The van der Waals surface area contributed by atoms with Crippen LogP contribution in [0.5, 0.6) is 0 Å². The topological polar surface area (TPSA) is 96.6 Å². The Hall–Kier alpha value is -1.94. The van der Waals surface area contributed by atoms with Gasteiger partial charge in [-0.15, -0.1) is 0 Å². The van der Waals surface area contributed by atoms with Crippen LogP contribution in [-0.4, -0.2) is 48.8 Å². The van der Waals surface area contributed by atoms with Gasteiger partial charge in [0.2, 0.25) is 10.0 Å². The first-order chi connectivity index (χ1) is 12.3. The molecule has 1 aliphatic rings. The SMILES string of the molecule is O=[N+]([O-])c1ccc(N2CCN(S(=O)(=O)c3cc(Cl)ccc3Cl)CC2)nc1. The van der Waals surface area contributed by atoms with Crippen LogP contribution in [0.4, 0.5) is 11.5 Å². The van der Waals surface area contributed by atoms with Crippen LogP contribution in [0.3, 0.4) is 0 Å². The Morgan fingerprint density at radius 2 is 1.77 bits per heavy atom. The number of piperazine rings is 1. The average Bonchev–Trinajstić information content (AvgIpc) is 2.64. The van der Waals surface area contributed by atoms with E-state index in [0.717, 1.165) is 0 Å². The molecule has 0 aliphatic carbocycles. The number of nitro groups is 1. The minimum atomic E-state index is -3.76. The van der Waals surface area contributed by atoms with Crippen LogP contribution < -0.4 is 4.90 Å². The summed E-state index contributed by atoms with van der Waals surface area (Å²) in [5.74, 6) is 0.563. The van der Waals surface area contributed by atoms with Gasteiger partial charge in [0, 0.05) is 37.3 Å². The number of sulfonamides is 1. The number of anilines is 1. The zero-order valence-corrected chi connectivity index (χ0v) is 15.7. The molecule has 0 spiro atoms. The quantitative estimate of drug-likeness (QED) is 0.561. The van der Waals surface area contributed by atoms with Gasteiger partial charge in [0.25, 0.3) is 5.69 Å². The first-order valence-corrected chi connectivity index (χ1v) is 9.79. The summed E-state index contributed by atoms with van der Waals surface area (Å²) in [5, 5.41) is 11.1. The highest BCUT2D eigenvalue weighted by molar-refractivity contribution is 7.89. The molecule has 8 nitrogen and oxygen atoms in total. The predicted octanol–water partition coefficient (Wildman–Crippen LogP) is 2.81. The van der Waals surface area contributed by atoms with Crippen LogP contribution in [0.15, 0.2) is 41.4 Å². The fourth-order valence-corrected chi connectivity index (χ4v) is 4.80. The number of rotatable bonds is 4. The summed E-state index contributed by atoms with van der Waals surface area (Å²) in [6, 6.07) is 7.24. The van der Waals surface area contributed by atoms with Gasteiger partial charge in [-0.05, 0) is 24.3 Å². The molecule has 138 valence electrons. The van der Waals surface area contributed by atoms with E-state index < -0.39 is 14.9 Å². The summed E-state index contributed by atoms with van der Waals surface area (Å²) in [6.45, 7) is 1.29. The van der Waals surface area contributed by atoms with Gasteiger partial charge in [0.15, 0.2) is 0 Å². The predicted molar refractivity (Wildman–Crippen MR) is 98.3 cm³/mol. The molecule has 26 heavy (non-hydrogen) atoms. The third kappa shape index (κ3) is 3.75. The highest BCUT2D eigenvalue weighted by Crippen LogP contribution is 2.28. The second-order valence-corrected chi connectivity index (χ2v) is 8.35. The minimum absolute atomic E-state index is 0.0198. The second-order valence-electron chi connectivity index (χ2n) is 5.60. The lowest BCUT2D eigenvalue weighted by Crippen LogP contribution is -2.49.